The van der Waals surface area contributed by atoms with Crippen LogP contribution in [0, 0.1) is 33.5 Å². The summed E-state index contributed by atoms with van der Waals surface area (Å²) in [5.74, 6) is -17.8. The summed E-state index contributed by atoms with van der Waals surface area (Å²) in [6.07, 6.45) is -21.2. The Kier molecular flexibility index (Phi) is 31.7. The summed E-state index contributed by atoms with van der Waals surface area (Å²) in [5, 5.41) is 69.0. The fourth-order valence-corrected chi connectivity index (χ4v) is 21.0. The van der Waals surface area contributed by atoms with Crippen LogP contribution in [0.2, 0.25) is 0 Å². The van der Waals surface area contributed by atoms with Crippen molar-refractivity contribution >= 4 is 124 Å². The summed E-state index contributed by atoms with van der Waals surface area (Å²) in [6, 6.07) is 45.6. The van der Waals surface area contributed by atoms with Gasteiger partial charge in [-0.05, 0) is 110 Å². The van der Waals surface area contributed by atoms with E-state index in [1.807, 2.05) is 0 Å². The molecular weight excluding hydrogens is 1850 g/mol. The van der Waals surface area contributed by atoms with Gasteiger partial charge >= 0.3 is 65.7 Å². The number of hydrogen-bond acceptors (Lipinski definition) is 32. The second-order valence-corrected chi connectivity index (χ2v) is 37.2. The van der Waals surface area contributed by atoms with Crippen molar-refractivity contribution in [2.75, 3.05) is 30.9 Å². The number of ether oxygens (including phenoxy) is 12. The van der Waals surface area contributed by atoms with Crippen molar-refractivity contribution in [1.82, 2.24) is 10.6 Å². The van der Waals surface area contributed by atoms with Crippen molar-refractivity contribution in [1.29, 1.82) is 0 Å². The summed E-state index contributed by atoms with van der Waals surface area (Å²) in [5.41, 5.74) is -14.4. The molecule has 6 aliphatic carbocycles. The van der Waals surface area contributed by atoms with Gasteiger partial charge in [0.25, 0.3) is 11.8 Å². The van der Waals surface area contributed by atoms with Crippen molar-refractivity contribution in [3.63, 3.8) is 0 Å². The van der Waals surface area contributed by atoms with E-state index in [-0.39, 0.29) is 82.4 Å². The maximum atomic E-state index is 15.6. The molecule has 2 heterocycles. The van der Waals surface area contributed by atoms with Crippen LogP contribution < -0.4 is 10.6 Å². The minimum absolute atomic E-state index is 0.00289. The van der Waals surface area contributed by atoms with Crippen LogP contribution in [0.4, 0.5) is 0 Å². The number of alkyl halides is 3. The van der Waals surface area contributed by atoms with E-state index in [0.29, 0.717) is 11.1 Å². The summed E-state index contributed by atoms with van der Waals surface area (Å²) in [6.45, 7) is 15.8. The van der Waals surface area contributed by atoms with Crippen LogP contribution in [-0.4, -0.2) is 241 Å². The molecule has 4 unspecified atom stereocenters. The van der Waals surface area contributed by atoms with Gasteiger partial charge in [0.05, 0.1) is 65.3 Å². The molecular formula is C100H107Cl3N2O32. The number of amides is 2. The predicted octanol–water partition coefficient (Wildman–Crippen LogP) is 8.79. The molecule has 6 aromatic carbocycles. The Balaban J connectivity index is 0.000000226. The molecule has 0 radical (unpaired) electrons. The summed E-state index contributed by atoms with van der Waals surface area (Å²) in [7, 11) is 0. The second kappa shape index (κ2) is 41.8. The third kappa shape index (κ3) is 20.0. The van der Waals surface area contributed by atoms with E-state index in [1.165, 1.54) is 52.0 Å². The van der Waals surface area contributed by atoms with Gasteiger partial charge in [0.2, 0.25) is 6.10 Å². The van der Waals surface area contributed by atoms with Gasteiger partial charge < -0.3 is 93.0 Å². The molecule has 2 amide bonds. The molecule has 6 fully saturated rings. The van der Waals surface area contributed by atoms with E-state index in [1.54, 1.807) is 185 Å². The van der Waals surface area contributed by atoms with E-state index in [4.69, 9.17) is 86.9 Å². The molecule has 37 heteroatoms. The van der Waals surface area contributed by atoms with E-state index >= 15 is 9.59 Å². The van der Waals surface area contributed by atoms with Crippen LogP contribution >= 0.6 is 34.8 Å². The van der Waals surface area contributed by atoms with Gasteiger partial charge in [-0.1, -0.05) is 161 Å². The van der Waals surface area contributed by atoms with E-state index in [2.05, 4.69) is 15.4 Å². The molecule has 4 saturated carbocycles. The van der Waals surface area contributed by atoms with Crippen molar-refractivity contribution in [3.8, 4) is 0 Å². The first kappa shape index (κ1) is 104. The number of benzene rings is 6. The number of Topliss-reactive ketones (excluding diaryl/α,β-unsaturated/α-hetero) is 2. The third-order valence-corrected chi connectivity index (χ3v) is 28.4. The first-order chi connectivity index (χ1) is 64.7. The molecule has 137 heavy (non-hydrogen) atoms. The van der Waals surface area contributed by atoms with Gasteiger partial charge in [-0.2, -0.15) is 0 Å². The number of ketones is 2. The van der Waals surface area contributed by atoms with Crippen LogP contribution in [0.25, 0.3) is 0 Å². The number of carbonyl (C=O) groups is 15. The van der Waals surface area contributed by atoms with Crippen molar-refractivity contribution in [3.05, 3.63) is 238 Å². The molecule has 4 bridgehead atoms. The van der Waals surface area contributed by atoms with Gasteiger partial charge in [0.15, 0.2) is 41.1 Å². The van der Waals surface area contributed by atoms with Gasteiger partial charge in [0, 0.05) is 75.3 Å². The van der Waals surface area contributed by atoms with Crippen molar-refractivity contribution < 1.29 is 154 Å². The lowest BCUT2D eigenvalue weighted by atomic mass is 9.44. The molecule has 730 valence electrons. The number of rotatable bonds is 24. The molecule has 8 aliphatic rings. The minimum atomic E-state index is -2.45. The number of halogens is 3. The number of fused-ring (bicyclic) bond motifs is 10. The second-order valence-electron chi connectivity index (χ2n) is 36.4. The Morgan fingerprint density at radius 3 is 1.07 bits per heavy atom. The van der Waals surface area contributed by atoms with E-state index in [9.17, 15) is 87.9 Å². The highest BCUT2D eigenvalue weighted by molar-refractivity contribution is 6.29. The minimum Gasteiger partial charge on any atom is -0.456 e. The summed E-state index contributed by atoms with van der Waals surface area (Å²) >= 11 is 15.9. The van der Waals surface area contributed by atoms with Gasteiger partial charge in [-0.3, -0.25) is 52.7 Å². The van der Waals surface area contributed by atoms with E-state index < -0.39 is 249 Å². The highest BCUT2D eigenvalue weighted by Gasteiger charge is 2.81. The largest absolute Gasteiger partial charge is 0.456 e. The van der Waals surface area contributed by atoms with Gasteiger partial charge in [-0.15, -0.1) is 34.8 Å². The lowest BCUT2D eigenvalue weighted by molar-refractivity contribution is -0.346. The molecule has 34 nitrogen and oxygen atoms in total. The van der Waals surface area contributed by atoms with Crippen molar-refractivity contribution in [2.24, 2.45) is 33.5 Å². The Hall–Kier alpha value is -12.0. The standard InChI is InChI=1S/C49H52ClNO15.C47H51NO14.C4H4Cl2O3/c1-26-32(63-45(59)39(64-35(55)24-50)37(29-16-10-7-11-17-29)51-43(57)30-18-12-8-13-19-30)23-49(60)42(65-44(58)31-20-14-9-15-21-31)40-47(6,33(54)22-34-48(40,25-61-34)66-28(3)53)41(56)38(62-27(2)52)36(26)46(49,4)5;1-25-31(60-43(56)36(52)35(28-16-10-7-11-17-28)48-41(54)29-18-12-8-13-19-29)23-47(57)40(61-42(55)30-20-14-9-15-21-30)38-45(6,32(51)22-33-46(38,24-58-33)62-27(3)50)39(53)37(59-26(2)49)34(25)44(47,4)5;5-1-3(7)9-4(8)2-6/h7-21,32-34,37-40,42,54,60H,22-25H2,1-6H3,(H,51,57);7-21,31-33,35-38,40,51-52,57H,22-24H2,1-6H3,(H,48,54);1-2H2/t32-,33-,34?,37-,38+,39+,40?,42-,47+,48-,49+;31-,32-,33?,35-,36+,37+,38?,40-,45+,46-,47+;/m00./s1. The average Bonchev–Trinajstić information content (AvgIpc) is 0.670. The first-order valence-electron chi connectivity index (χ1n) is 44.0. The number of carbonyl (C=O) groups excluding carboxylic acids is 15. The SMILES string of the molecule is CC(=O)O[C@H]1C(=O)[C@@]2(C)C([C@H](OC(=O)c3ccccc3)[C@]3(O)C[C@H](OC(=O)[C@H](O)[C@@H](NC(=O)c4ccccc4)c4ccccc4)C(C)=C1C3(C)C)[C@]1(OC(C)=O)COC1C[C@@H]2O.CC(=O)O[C@H]1C(=O)[C@@]2(C)C([C@H](OC(=O)c3ccccc3)[C@]3(O)C[C@H](OC(=O)[C@H](OC(=O)CCl)[C@@H](NC(=O)c4ccccc4)c4ccccc4)C(C)=C1C3(C)C)[C@]1(OC(C)=O)COC1C[C@@H]2O.O=C(CCl)OC(=O)CCl. The highest BCUT2D eigenvalue weighted by Crippen LogP contribution is 2.67. The number of esters is 11. The zero-order valence-corrected chi connectivity index (χ0v) is 79.1. The average molecular weight is 1960 g/mol. The Morgan fingerprint density at radius 2 is 0.752 bits per heavy atom. The monoisotopic (exact) mass is 1950 g/mol. The van der Waals surface area contributed by atoms with Crippen LogP contribution in [0.1, 0.15) is 173 Å². The molecule has 22 atom stereocenters. The molecule has 7 N–H and O–H groups in total. The molecule has 0 spiro atoms. The maximum Gasteiger partial charge on any atom is 0.350 e. The predicted molar refractivity (Wildman–Crippen MR) is 483 cm³/mol. The van der Waals surface area contributed by atoms with Crippen LogP contribution in [-0.2, 0) is 110 Å². The van der Waals surface area contributed by atoms with Crippen LogP contribution in [0.3, 0.4) is 0 Å². The van der Waals surface area contributed by atoms with E-state index in [0.717, 1.165) is 27.7 Å². The lowest BCUT2D eigenvalue weighted by Gasteiger charge is -2.67. The molecule has 2 saturated heterocycles. The Labute approximate surface area is 802 Å². The lowest BCUT2D eigenvalue weighted by Crippen LogP contribution is -2.82. The summed E-state index contributed by atoms with van der Waals surface area (Å²) in [4.78, 5) is 202. The fraction of sp³-hybridized carbons (Fsp3) is 0.450. The smallest absolute Gasteiger partial charge is 0.350 e. The Bertz CT molecular complexity index is 5660. The number of aliphatic hydroxyl groups is 5. The van der Waals surface area contributed by atoms with Crippen molar-refractivity contribution in [2.45, 2.75) is 217 Å². The summed E-state index contributed by atoms with van der Waals surface area (Å²) < 4.78 is 70.5. The first-order valence-corrected chi connectivity index (χ1v) is 45.6. The van der Waals surface area contributed by atoms with Gasteiger partial charge in [-0.25, -0.2) is 19.2 Å². The topological polar surface area (TPSA) is 492 Å². The zero-order valence-electron chi connectivity index (χ0n) is 76.8. The quantitative estimate of drug-likeness (QED) is 0.00977. The Morgan fingerprint density at radius 1 is 0.431 bits per heavy atom. The fourth-order valence-electron chi connectivity index (χ4n) is 20.8. The maximum absolute atomic E-state index is 15.6. The molecule has 0 aromatic heterocycles. The third-order valence-electron chi connectivity index (χ3n) is 27.8. The molecule has 6 aromatic rings. The highest BCUT2D eigenvalue weighted by atomic mass is 35.5. The van der Waals surface area contributed by atoms with Gasteiger partial charge in [0.1, 0.15) is 71.5 Å². The van der Waals surface area contributed by atoms with Crippen LogP contribution in [0.15, 0.2) is 204 Å². The number of nitrogens with one attached hydrogen (secondary N) is 2. The zero-order chi connectivity index (χ0) is 100. The normalized spacial score (nSPS) is 29.7. The number of aliphatic hydroxyl groups excluding tert-OH is 3. The molecule has 2 aliphatic heterocycles. The number of hydrogen-bond donors (Lipinski definition) is 7. The van der Waals surface area contributed by atoms with Crippen LogP contribution in [0.5, 0.6) is 0 Å². The molecule has 14 rings (SSSR count).